The molecule has 0 amide bonds. The minimum Gasteiger partial charge on any atom is -0.467 e. The normalized spacial score (nSPS) is 16.4. The third-order valence-corrected chi connectivity index (χ3v) is 4.30. The molecule has 0 aromatic carbocycles. The zero-order valence-electron chi connectivity index (χ0n) is 10.6. The predicted molar refractivity (Wildman–Crippen MR) is 79.9 cm³/mol. The molecule has 3 heterocycles. The number of nitrogens with zero attached hydrogens (tertiary/aromatic N) is 3. The molecule has 0 aliphatic carbocycles. The Morgan fingerprint density at radius 2 is 2.15 bits per heavy atom. The van der Waals surface area contributed by atoms with Gasteiger partial charge in [0.2, 0.25) is 0 Å². The Hall–Kier alpha value is -1.21. The van der Waals surface area contributed by atoms with Crippen LogP contribution < -0.4 is 9.64 Å². The van der Waals surface area contributed by atoms with E-state index < -0.39 is 0 Å². The Labute approximate surface area is 128 Å². The third-order valence-electron chi connectivity index (χ3n) is 3.21. The summed E-state index contributed by atoms with van der Waals surface area (Å²) >= 11 is 4.71. The summed E-state index contributed by atoms with van der Waals surface area (Å²) in [6.45, 7) is 1.48. The monoisotopic (exact) mass is 357 g/mol. The molecule has 0 unspecified atom stereocenters. The topological polar surface area (TPSA) is 38.2 Å². The van der Waals surface area contributed by atoms with Crippen LogP contribution in [0.4, 0.5) is 10.2 Å². The fraction of sp³-hybridized carbons (Fsp3) is 0.385. The molecule has 1 aliphatic rings. The molecule has 0 radical (unpaired) electrons. The van der Waals surface area contributed by atoms with Gasteiger partial charge in [0.25, 0.3) is 5.19 Å². The summed E-state index contributed by atoms with van der Waals surface area (Å²) in [5, 5.41) is 2.60. The van der Waals surface area contributed by atoms with Crippen molar-refractivity contribution >= 4 is 33.1 Å². The van der Waals surface area contributed by atoms with Crippen LogP contribution in [0.25, 0.3) is 0 Å². The molecule has 106 valence electrons. The molecule has 7 heteroatoms. The Morgan fingerprint density at radius 1 is 1.35 bits per heavy atom. The average molecular weight is 358 g/mol. The summed E-state index contributed by atoms with van der Waals surface area (Å²) in [6, 6.07) is 1.44. The molecule has 2 aromatic heterocycles. The van der Waals surface area contributed by atoms with E-state index in [0.29, 0.717) is 15.5 Å². The molecule has 0 spiro atoms. The Balaban J connectivity index is 1.60. The van der Waals surface area contributed by atoms with E-state index in [2.05, 4.69) is 25.9 Å². The highest BCUT2D eigenvalue weighted by atomic mass is 79.9. The van der Waals surface area contributed by atoms with Crippen molar-refractivity contribution < 1.29 is 9.13 Å². The molecule has 2 aromatic rings. The average Bonchev–Trinajstić information content (AvgIpc) is 2.93. The van der Waals surface area contributed by atoms with Crippen LogP contribution in [-0.2, 0) is 0 Å². The first-order valence-electron chi connectivity index (χ1n) is 6.34. The summed E-state index contributed by atoms with van der Waals surface area (Å²) in [6.07, 6.45) is 5.19. The van der Waals surface area contributed by atoms with E-state index in [1.165, 1.54) is 17.4 Å². The predicted octanol–water partition coefficient (Wildman–Crippen LogP) is 3.49. The molecule has 20 heavy (non-hydrogen) atoms. The lowest BCUT2D eigenvalue weighted by molar-refractivity contribution is 0.170. The first kappa shape index (κ1) is 13.8. The van der Waals surface area contributed by atoms with E-state index in [1.807, 2.05) is 10.3 Å². The highest BCUT2D eigenvalue weighted by molar-refractivity contribution is 9.10. The standard InChI is InChI=1S/C13H13BrFN3OS/c14-9-7-11(15)12(17-8-9)18-4-1-10(2-5-18)19-13-16-3-6-20-13/h3,6-8,10H,1-2,4-5H2. The minimum atomic E-state index is -0.293. The second-order valence-corrected chi connectivity index (χ2v) is 6.33. The van der Waals surface area contributed by atoms with Crippen LogP contribution in [0.15, 0.2) is 28.3 Å². The van der Waals surface area contributed by atoms with Crippen molar-refractivity contribution in [1.29, 1.82) is 0 Å². The van der Waals surface area contributed by atoms with Gasteiger partial charge in [0.1, 0.15) is 6.10 Å². The third kappa shape index (κ3) is 3.09. The van der Waals surface area contributed by atoms with Gasteiger partial charge in [-0.05, 0) is 22.0 Å². The van der Waals surface area contributed by atoms with E-state index in [0.717, 1.165) is 25.9 Å². The SMILES string of the molecule is Fc1cc(Br)cnc1N1CCC(Oc2nccs2)CC1. The van der Waals surface area contributed by atoms with E-state index >= 15 is 0 Å². The van der Waals surface area contributed by atoms with Crippen molar-refractivity contribution in [2.75, 3.05) is 18.0 Å². The minimum absolute atomic E-state index is 0.149. The highest BCUT2D eigenvalue weighted by Gasteiger charge is 2.23. The van der Waals surface area contributed by atoms with E-state index in [1.54, 1.807) is 12.4 Å². The first-order chi connectivity index (χ1) is 9.72. The summed E-state index contributed by atoms with van der Waals surface area (Å²) in [5.74, 6) is 0.125. The Kier molecular flexibility index (Phi) is 4.16. The van der Waals surface area contributed by atoms with Gasteiger partial charge >= 0.3 is 0 Å². The van der Waals surface area contributed by atoms with Gasteiger partial charge in [0.05, 0.1) is 0 Å². The molecule has 3 rings (SSSR count). The van der Waals surface area contributed by atoms with E-state index in [-0.39, 0.29) is 11.9 Å². The second-order valence-electron chi connectivity index (χ2n) is 4.56. The molecular formula is C13H13BrFN3OS. The van der Waals surface area contributed by atoms with Crippen molar-refractivity contribution in [3.05, 3.63) is 34.1 Å². The van der Waals surface area contributed by atoms with Crippen molar-refractivity contribution in [3.63, 3.8) is 0 Å². The quantitative estimate of drug-likeness (QED) is 0.842. The first-order valence-corrected chi connectivity index (χ1v) is 8.02. The number of thiazole rings is 1. The Morgan fingerprint density at radius 3 is 2.80 bits per heavy atom. The number of pyridine rings is 1. The largest absolute Gasteiger partial charge is 0.467 e. The number of aromatic nitrogens is 2. The number of rotatable bonds is 3. The van der Waals surface area contributed by atoms with Gasteiger partial charge < -0.3 is 9.64 Å². The zero-order valence-corrected chi connectivity index (χ0v) is 13.0. The van der Waals surface area contributed by atoms with Gasteiger partial charge in [0, 0.05) is 48.2 Å². The summed E-state index contributed by atoms with van der Waals surface area (Å²) in [5.41, 5.74) is 0. The fourth-order valence-corrected chi connectivity index (χ4v) is 3.09. The molecule has 0 bridgehead atoms. The number of anilines is 1. The number of hydrogen-bond acceptors (Lipinski definition) is 5. The second kappa shape index (κ2) is 6.05. The highest BCUT2D eigenvalue weighted by Crippen LogP contribution is 2.25. The molecule has 0 saturated carbocycles. The van der Waals surface area contributed by atoms with Crippen LogP contribution >= 0.6 is 27.3 Å². The molecular weight excluding hydrogens is 345 g/mol. The molecule has 0 N–H and O–H groups in total. The molecule has 1 aliphatic heterocycles. The fourth-order valence-electron chi connectivity index (χ4n) is 2.24. The number of piperidine rings is 1. The summed E-state index contributed by atoms with van der Waals surface area (Å²) < 4.78 is 20.3. The molecule has 1 fully saturated rings. The molecule has 0 atom stereocenters. The number of hydrogen-bond donors (Lipinski definition) is 0. The van der Waals surface area contributed by atoms with E-state index in [4.69, 9.17) is 4.74 Å². The lowest BCUT2D eigenvalue weighted by atomic mass is 10.1. The number of ether oxygens (including phenoxy) is 1. The van der Waals surface area contributed by atoms with Crippen LogP contribution in [0.3, 0.4) is 0 Å². The Bertz CT molecular complexity index is 573. The maximum absolute atomic E-state index is 13.9. The van der Waals surface area contributed by atoms with Crippen LogP contribution in [0.1, 0.15) is 12.8 Å². The number of halogens is 2. The van der Waals surface area contributed by atoms with Crippen LogP contribution in [0, 0.1) is 5.82 Å². The van der Waals surface area contributed by atoms with Gasteiger partial charge in [-0.3, -0.25) is 0 Å². The van der Waals surface area contributed by atoms with Crippen LogP contribution in [0.2, 0.25) is 0 Å². The molecule has 4 nitrogen and oxygen atoms in total. The zero-order chi connectivity index (χ0) is 13.9. The van der Waals surface area contributed by atoms with Gasteiger partial charge in [-0.25, -0.2) is 14.4 Å². The van der Waals surface area contributed by atoms with Gasteiger partial charge in [-0.15, -0.1) is 0 Å². The maximum Gasteiger partial charge on any atom is 0.273 e. The maximum atomic E-state index is 13.9. The summed E-state index contributed by atoms with van der Waals surface area (Å²) in [7, 11) is 0. The smallest absolute Gasteiger partial charge is 0.273 e. The lowest BCUT2D eigenvalue weighted by Crippen LogP contribution is -2.39. The van der Waals surface area contributed by atoms with Crippen LogP contribution in [0.5, 0.6) is 5.19 Å². The van der Waals surface area contributed by atoms with Gasteiger partial charge in [-0.1, -0.05) is 11.3 Å². The van der Waals surface area contributed by atoms with Crippen LogP contribution in [-0.4, -0.2) is 29.2 Å². The molecule has 1 saturated heterocycles. The van der Waals surface area contributed by atoms with Crippen molar-refractivity contribution in [3.8, 4) is 5.19 Å². The van der Waals surface area contributed by atoms with Gasteiger partial charge in [-0.2, -0.15) is 0 Å². The van der Waals surface area contributed by atoms with Crippen molar-refractivity contribution in [2.45, 2.75) is 18.9 Å². The van der Waals surface area contributed by atoms with Crippen molar-refractivity contribution in [1.82, 2.24) is 9.97 Å². The van der Waals surface area contributed by atoms with Gasteiger partial charge in [0.15, 0.2) is 11.6 Å². The summed E-state index contributed by atoms with van der Waals surface area (Å²) in [4.78, 5) is 10.2. The lowest BCUT2D eigenvalue weighted by Gasteiger charge is -2.32. The van der Waals surface area contributed by atoms with Crippen molar-refractivity contribution in [2.24, 2.45) is 0 Å². The van der Waals surface area contributed by atoms with E-state index in [9.17, 15) is 4.39 Å².